The summed E-state index contributed by atoms with van der Waals surface area (Å²) in [5.74, 6) is 0. The molecule has 1 aromatic carbocycles. The van der Waals surface area contributed by atoms with Gasteiger partial charge in [-0.2, -0.15) is 21.6 Å². The van der Waals surface area contributed by atoms with Crippen molar-refractivity contribution in [3.05, 3.63) is 52.7 Å². The molecule has 0 radical (unpaired) electrons. The predicted octanol–water partition coefficient (Wildman–Crippen LogP) is 4.33. The minimum atomic E-state index is -4.41. The van der Waals surface area contributed by atoms with Gasteiger partial charge >= 0.3 is 6.18 Å². The predicted molar refractivity (Wildman–Crippen MR) is 94.0 cm³/mol. The SMILES string of the molecule is CS(=N)c1ncccc1C(F)(F)F.Cc1cc(C)c(S(=O)(=O)O)c(C)c1. The lowest BCUT2D eigenvalue weighted by Gasteiger charge is -2.10. The number of rotatable bonds is 2. The van der Waals surface area contributed by atoms with Gasteiger partial charge in [0.15, 0.2) is 0 Å². The highest BCUT2D eigenvalue weighted by atomic mass is 32.2. The fraction of sp³-hybridized carbons (Fsp3) is 0.312. The van der Waals surface area contributed by atoms with Crippen molar-refractivity contribution in [1.29, 1.82) is 4.78 Å². The van der Waals surface area contributed by atoms with E-state index in [0.717, 1.165) is 11.6 Å². The normalized spacial score (nSPS) is 12.9. The van der Waals surface area contributed by atoms with Crippen LogP contribution in [-0.2, 0) is 27.0 Å². The third-order valence-electron chi connectivity index (χ3n) is 3.23. The number of pyridine rings is 1. The Morgan fingerprint density at radius 2 is 1.65 bits per heavy atom. The summed E-state index contributed by atoms with van der Waals surface area (Å²) in [6.07, 6.45) is -1.76. The molecule has 0 saturated heterocycles. The number of alkyl halides is 3. The Bertz CT molecular complexity index is 904. The fourth-order valence-corrected chi connectivity index (χ4v) is 4.09. The maximum atomic E-state index is 12.3. The van der Waals surface area contributed by atoms with Crippen LogP contribution >= 0.6 is 0 Å². The van der Waals surface area contributed by atoms with Gasteiger partial charge in [-0.1, -0.05) is 28.4 Å². The number of hydrogen-bond acceptors (Lipinski definition) is 4. The molecule has 2 N–H and O–H groups in total. The second-order valence-corrected chi connectivity index (χ2v) is 8.33. The van der Waals surface area contributed by atoms with E-state index >= 15 is 0 Å². The number of aryl methyl sites for hydroxylation is 3. The number of nitrogens with zero attached hydrogens (tertiary/aromatic N) is 1. The van der Waals surface area contributed by atoms with Gasteiger partial charge in [0.2, 0.25) is 0 Å². The molecule has 0 aliphatic heterocycles. The van der Waals surface area contributed by atoms with E-state index in [9.17, 15) is 21.6 Å². The molecule has 26 heavy (non-hydrogen) atoms. The van der Waals surface area contributed by atoms with E-state index in [1.165, 1.54) is 18.5 Å². The first kappa shape index (κ1) is 22.3. The van der Waals surface area contributed by atoms with Gasteiger partial charge in [0.05, 0.1) is 10.5 Å². The van der Waals surface area contributed by atoms with Gasteiger partial charge in [-0.25, -0.2) is 4.98 Å². The first-order valence-corrected chi connectivity index (χ1v) is 10.3. The van der Waals surface area contributed by atoms with E-state index in [1.54, 1.807) is 26.0 Å². The molecule has 10 heteroatoms. The summed E-state index contributed by atoms with van der Waals surface area (Å²) < 4.78 is 74.9. The lowest BCUT2D eigenvalue weighted by molar-refractivity contribution is -0.140. The van der Waals surface area contributed by atoms with Crippen LogP contribution in [-0.4, -0.2) is 24.2 Å². The van der Waals surface area contributed by atoms with Gasteiger partial charge < -0.3 is 0 Å². The number of benzene rings is 1. The van der Waals surface area contributed by atoms with Crippen molar-refractivity contribution < 1.29 is 26.1 Å². The van der Waals surface area contributed by atoms with E-state index in [-0.39, 0.29) is 9.92 Å². The average molecular weight is 408 g/mol. The molecule has 0 saturated carbocycles. The molecule has 2 rings (SSSR count). The molecule has 144 valence electrons. The molecule has 1 atom stereocenters. The zero-order valence-corrected chi connectivity index (χ0v) is 16.2. The van der Waals surface area contributed by atoms with Crippen molar-refractivity contribution in [3.63, 3.8) is 0 Å². The first-order chi connectivity index (χ1) is 11.7. The third-order valence-corrected chi connectivity index (χ3v) is 5.29. The Hall–Kier alpha value is -1.78. The highest BCUT2D eigenvalue weighted by molar-refractivity contribution is 7.86. The highest BCUT2D eigenvalue weighted by Gasteiger charge is 2.34. The molecule has 1 heterocycles. The van der Waals surface area contributed by atoms with Gasteiger partial charge in [-0.15, -0.1) is 0 Å². The van der Waals surface area contributed by atoms with Gasteiger partial charge in [0.25, 0.3) is 10.1 Å². The molecule has 0 fully saturated rings. The molecule has 1 aromatic heterocycles. The standard InChI is InChI=1S/C9H12O3S.C7H7F3N2S/c1-6-4-7(2)9(8(3)5-6)13(10,11)12;1-13(11)6-5(7(8,9)10)3-2-4-12-6/h4-5H,1-3H3,(H,10,11,12);2-4,11H,1H3. The minimum absolute atomic E-state index is 0.0260. The van der Waals surface area contributed by atoms with E-state index in [2.05, 4.69) is 4.98 Å². The van der Waals surface area contributed by atoms with Crippen molar-refractivity contribution in [2.45, 2.75) is 36.9 Å². The summed E-state index contributed by atoms with van der Waals surface area (Å²) in [6.45, 7) is 5.22. The van der Waals surface area contributed by atoms with Crippen molar-refractivity contribution in [3.8, 4) is 0 Å². The van der Waals surface area contributed by atoms with Crippen LogP contribution in [0.5, 0.6) is 0 Å². The second-order valence-electron chi connectivity index (χ2n) is 5.57. The summed E-state index contributed by atoms with van der Waals surface area (Å²) in [5, 5.41) is -0.199. The summed E-state index contributed by atoms with van der Waals surface area (Å²) >= 11 is 0. The van der Waals surface area contributed by atoms with Crippen LogP contribution < -0.4 is 0 Å². The fourth-order valence-electron chi connectivity index (χ4n) is 2.42. The van der Waals surface area contributed by atoms with Gasteiger partial charge in [0, 0.05) is 6.20 Å². The lowest BCUT2D eigenvalue weighted by atomic mass is 10.1. The van der Waals surface area contributed by atoms with Crippen molar-refractivity contribution in [2.75, 3.05) is 6.26 Å². The van der Waals surface area contributed by atoms with Gasteiger partial charge in [0.1, 0.15) is 5.03 Å². The maximum absolute atomic E-state index is 12.3. The average Bonchev–Trinajstić information content (AvgIpc) is 2.44. The lowest BCUT2D eigenvalue weighted by Crippen LogP contribution is -2.10. The number of hydrogen-bond donors (Lipinski definition) is 2. The van der Waals surface area contributed by atoms with Crippen LogP contribution in [0.4, 0.5) is 13.2 Å². The Morgan fingerprint density at radius 3 is 2.00 bits per heavy atom. The van der Waals surface area contributed by atoms with Crippen LogP contribution in [0.1, 0.15) is 22.3 Å². The second kappa shape index (κ2) is 8.28. The maximum Gasteiger partial charge on any atom is 0.419 e. The molecule has 1 unspecified atom stereocenters. The quantitative estimate of drug-likeness (QED) is 0.724. The Labute approximate surface area is 152 Å². The highest BCUT2D eigenvalue weighted by Crippen LogP contribution is 2.32. The molecule has 0 amide bonds. The largest absolute Gasteiger partial charge is 0.419 e. The van der Waals surface area contributed by atoms with E-state index in [4.69, 9.17) is 9.33 Å². The Morgan fingerprint density at radius 1 is 1.15 bits per heavy atom. The number of halogens is 3. The zero-order chi connectivity index (χ0) is 20.3. The van der Waals surface area contributed by atoms with E-state index in [0.29, 0.717) is 11.1 Å². The molecular formula is C16H19F3N2O3S2. The molecular weight excluding hydrogens is 389 g/mol. The molecule has 0 spiro atoms. The van der Waals surface area contributed by atoms with E-state index in [1.807, 2.05) is 6.92 Å². The van der Waals surface area contributed by atoms with Crippen LogP contribution in [0.15, 0.2) is 40.4 Å². The Balaban J connectivity index is 0.000000260. The summed E-state index contributed by atoms with van der Waals surface area (Å²) in [4.78, 5) is 3.58. The van der Waals surface area contributed by atoms with Crippen LogP contribution in [0, 0.1) is 25.6 Å². The smallest absolute Gasteiger partial charge is 0.282 e. The Kier molecular flexibility index (Phi) is 7.09. The zero-order valence-electron chi connectivity index (χ0n) is 14.5. The molecule has 0 bridgehead atoms. The molecule has 5 nitrogen and oxygen atoms in total. The monoisotopic (exact) mass is 408 g/mol. The number of nitrogens with one attached hydrogen (secondary N) is 1. The van der Waals surface area contributed by atoms with Crippen molar-refractivity contribution in [2.24, 2.45) is 0 Å². The molecule has 0 aliphatic rings. The summed E-state index contributed by atoms with van der Waals surface area (Å²) in [6, 6.07) is 5.63. The molecule has 2 aromatic rings. The minimum Gasteiger partial charge on any atom is -0.282 e. The topological polar surface area (TPSA) is 91.1 Å². The summed E-state index contributed by atoms with van der Waals surface area (Å²) in [5.41, 5.74) is 1.35. The van der Waals surface area contributed by atoms with Crippen LogP contribution in [0.2, 0.25) is 0 Å². The number of aromatic nitrogens is 1. The first-order valence-electron chi connectivity index (χ1n) is 7.20. The van der Waals surface area contributed by atoms with Gasteiger partial charge in [-0.05, 0) is 50.3 Å². The van der Waals surface area contributed by atoms with E-state index < -0.39 is 32.5 Å². The van der Waals surface area contributed by atoms with Crippen LogP contribution in [0.25, 0.3) is 0 Å². The third kappa shape index (κ3) is 5.89. The van der Waals surface area contributed by atoms with Gasteiger partial charge in [-0.3, -0.25) is 9.33 Å². The molecule has 0 aliphatic carbocycles. The summed E-state index contributed by atoms with van der Waals surface area (Å²) in [7, 11) is -5.30. The van der Waals surface area contributed by atoms with Crippen molar-refractivity contribution in [1.82, 2.24) is 4.98 Å². The van der Waals surface area contributed by atoms with Crippen LogP contribution in [0.3, 0.4) is 0 Å². The van der Waals surface area contributed by atoms with Crippen molar-refractivity contribution >= 4 is 20.8 Å².